The third-order valence-corrected chi connectivity index (χ3v) is 11.3. The van der Waals surface area contributed by atoms with Gasteiger partial charge in [0.1, 0.15) is 5.75 Å². The van der Waals surface area contributed by atoms with Crippen molar-refractivity contribution < 1.29 is 27.8 Å². The van der Waals surface area contributed by atoms with E-state index in [0.717, 1.165) is 39.0 Å². The van der Waals surface area contributed by atoms with Gasteiger partial charge in [-0.2, -0.15) is 4.31 Å². The van der Waals surface area contributed by atoms with E-state index in [2.05, 4.69) is 38.6 Å². The molecule has 0 radical (unpaired) electrons. The number of ether oxygens (including phenoxy) is 2. The van der Waals surface area contributed by atoms with Gasteiger partial charge in [-0.25, -0.2) is 13.2 Å². The van der Waals surface area contributed by atoms with Gasteiger partial charge in [0.15, 0.2) is 6.61 Å². The van der Waals surface area contributed by atoms with E-state index in [0.29, 0.717) is 18.6 Å². The largest absolute Gasteiger partial charge is 0.482 e. The lowest BCUT2D eigenvalue weighted by Gasteiger charge is -2.43. The first-order chi connectivity index (χ1) is 23.3. The first kappa shape index (κ1) is 36.1. The Balaban J connectivity index is 1.51. The van der Waals surface area contributed by atoms with Gasteiger partial charge in [-0.1, -0.05) is 105 Å². The van der Waals surface area contributed by atoms with Gasteiger partial charge in [0.05, 0.1) is 17.1 Å². The summed E-state index contributed by atoms with van der Waals surface area (Å²) in [6.07, 6.45) is 0.668. The van der Waals surface area contributed by atoms with Crippen molar-refractivity contribution in [1.29, 1.82) is 0 Å². The summed E-state index contributed by atoms with van der Waals surface area (Å²) < 4.78 is 41.5. The summed E-state index contributed by atoms with van der Waals surface area (Å²) >= 11 is 0. The number of carbonyl (C=O) groups is 1. The number of hydrogen-bond donors (Lipinski definition) is 1. The SMILES string of the molecule is C=C(C)[C@@H]1C[C@@H](c2ccc(S(=O)(=O)N(C)Cc3ccccc3)cc2)[C@@H](Cc2ccccc2)O[C@H]1c1c(C)cc(C(C)C)cc1OCC(=O)O. The van der Waals surface area contributed by atoms with Gasteiger partial charge in [-0.05, 0) is 78.6 Å². The van der Waals surface area contributed by atoms with Crippen molar-refractivity contribution in [2.75, 3.05) is 13.7 Å². The van der Waals surface area contributed by atoms with Crippen molar-refractivity contribution in [3.8, 4) is 5.75 Å². The van der Waals surface area contributed by atoms with E-state index in [1.807, 2.05) is 80.6 Å². The van der Waals surface area contributed by atoms with E-state index in [-0.39, 0.29) is 35.3 Å². The molecule has 258 valence electrons. The standard InChI is InChI=1S/C41H47NO6S/c1-27(2)33-21-29(5)40(38(23-33)47-26-39(43)44)41-35(28(3)4)24-36(37(48-41)22-30-13-9-7-10-14-30)32-17-19-34(20-18-32)49(45,46)42(6)25-31-15-11-8-12-16-31/h7-21,23,27,35-37,41H,3,22,24-26H2,1-2,4-6H3,(H,43,44)/t35-,36-,37+,41+/m0/s1. The molecule has 1 aliphatic rings. The van der Waals surface area contributed by atoms with Crippen LogP contribution in [0.25, 0.3) is 0 Å². The highest BCUT2D eigenvalue weighted by Crippen LogP contribution is 2.50. The lowest BCUT2D eigenvalue weighted by atomic mass is 9.73. The molecule has 5 rings (SSSR count). The first-order valence-corrected chi connectivity index (χ1v) is 18.2. The summed E-state index contributed by atoms with van der Waals surface area (Å²) in [5, 5.41) is 9.49. The van der Waals surface area contributed by atoms with Crippen LogP contribution in [0.1, 0.15) is 78.5 Å². The molecule has 0 saturated carbocycles. The summed E-state index contributed by atoms with van der Waals surface area (Å²) in [5.41, 5.74) is 6.87. The molecule has 8 heteroatoms. The van der Waals surface area contributed by atoms with E-state index >= 15 is 0 Å². The van der Waals surface area contributed by atoms with E-state index in [9.17, 15) is 18.3 Å². The zero-order valence-electron chi connectivity index (χ0n) is 29.0. The Morgan fingerprint density at radius 1 is 0.980 bits per heavy atom. The van der Waals surface area contributed by atoms with Gasteiger partial charge in [-0.15, -0.1) is 0 Å². The molecule has 49 heavy (non-hydrogen) atoms. The number of carboxylic acid groups (broad SMARTS) is 1. The summed E-state index contributed by atoms with van der Waals surface area (Å²) in [7, 11) is -2.11. The highest BCUT2D eigenvalue weighted by atomic mass is 32.2. The Labute approximate surface area is 291 Å². The van der Waals surface area contributed by atoms with E-state index in [1.165, 1.54) is 4.31 Å². The minimum absolute atomic E-state index is 0.0596. The molecule has 1 fully saturated rings. The third-order valence-electron chi connectivity index (χ3n) is 9.49. The maximum Gasteiger partial charge on any atom is 0.341 e. The van der Waals surface area contributed by atoms with Crippen molar-refractivity contribution in [3.05, 3.63) is 143 Å². The number of hydrogen-bond acceptors (Lipinski definition) is 5. The van der Waals surface area contributed by atoms with Gasteiger partial charge < -0.3 is 14.6 Å². The van der Waals surface area contributed by atoms with Gasteiger partial charge in [0, 0.05) is 31.0 Å². The maximum atomic E-state index is 13.5. The number of benzene rings is 4. The van der Waals surface area contributed by atoms with Crippen LogP contribution >= 0.6 is 0 Å². The Morgan fingerprint density at radius 2 is 1.59 bits per heavy atom. The molecule has 0 spiro atoms. The molecule has 1 heterocycles. The van der Waals surface area contributed by atoms with Gasteiger partial charge >= 0.3 is 5.97 Å². The summed E-state index contributed by atoms with van der Waals surface area (Å²) in [6, 6.07) is 31.0. The van der Waals surface area contributed by atoms with Crippen molar-refractivity contribution in [3.63, 3.8) is 0 Å². The summed E-state index contributed by atoms with van der Waals surface area (Å²) in [5.74, 6) is -0.459. The van der Waals surface area contributed by atoms with Crippen molar-refractivity contribution >= 4 is 16.0 Å². The van der Waals surface area contributed by atoms with Crippen LogP contribution in [-0.4, -0.2) is 43.6 Å². The van der Waals surface area contributed by atoms with Crippen molar-refractivity contribution in [2.24, 2.45) is 5.92 Å². The second-order valence-electron chi connectivity index (χ2n) is 13.5. The fraction of sp³-hybridized carbons (Fsp3) is 0.341. The highest BCUT2D eigenvalue weighted by Gasteiger charge is 2.42. The average molecular weight is 682 g/mol. The van der Waals surface area contributed by atoms with E-state index in [1.54, 1.807) is 19.2 Å². The minimum atomic E-state index is -3.71. The fourth-order valence-corrected chi connectivity index (χ4v) is 7.94. The molecule has 1 saturated heterocycles. The van der Waals surface area contributed by atoms with E-state index in [4.69, 9.17) is 9.47 Å². The number of rotatable bonds is 13. The molecule has 0 unspecified atom stereocenters. The minimum Gasteiger partial charge on any atom is -0.482 e. The molecule has 1 aliphatic heterocycles. The van der Waals surface area contributed by atoms with Gasteiger partial charge in [-0.3, -0.25) is 0 Å². The number of sulfonamides is 1. The molecular weight excluding hydrogens is 635 g/mol. The maximum absolute atomic E-state index is 13.5. The molecule has 4 aromatic rings. The average Bonchev–Trinajstić information content (AvgIpc) is 3.07. The predicted octanol–water partition coefficient (Wildman–Crippen LogP) is 8.45. The van der Waals surface area contributed by atoms with Crippen LogP contribution in [0.3, 0.4) is 0 Å². The second kappa shape index (κ2) is 15.5. The molecular formula is C41H47NO6S. The van der Waals surface area contributed by atoms with Crippen LogP contribution in [0.15, 0.2) is 114 Å². The zero-order chi connectivity index (χ0) is 35.3. The third kappa shape index (κ3) is 8.50. The number of carboxylic acids is 1. The predicted molar refractivity (Wildman–Crippen MR) is 193 cm³/mol. The molecule has 0 amide bonds. The number of aliphatic carboxylic acids is 1. The van der Waals surface area contributed by atoms with E-state index < -0.39 is 28.7 Å². The van der Waals surface area contributed by atoms with Crippen molar-refractivity contribution in [1.82, 2.24) is 4.31 Å². The number of aryl methyl sites for hydroxylation is 1. The highest BCUT2D eigenvalue weighted by molar-refractivity contribution is 7.89. The Bertz CT molecular complexity index is 1860. The Hall–Kier alpha value is -4.24. The normalized spacial score (nSPS) is 19.6. The monoisotopic (exact) mass is 681 g/mol. The topological polar surface area (TPSA) is 93.1 Å². The van der Waals surface area contributed by atoms with Crippen LogP contribution in [-0.2, 0) is 32.5 Å². The fourth-order valence-electron chi connectivity index (χ4n) is 6.79. The number of nitrogens with zero attached hydrogens (tertiary/aromatic N) is 1. The molecule has 0 aromatic heterocycles. The first-order valence-electron chi connectivity index (χ1n) is 16.8. The Morgan fingerprint density at radius 3 is 2.16 bits per heavy atom. The zero-order valence-corrected chi connectivity index (χ0v) is 29.8. The smallest absolute Gasteiger partial charge is 0.341 e. The lowest BCUT2D eigenvalue weighted by Crippen LogP contribution is -2.38. The molecule has 4 atom stereocenters. The molecule has 4 aromatic carbocycles. The van der Waals surface area contributed by atoms with Crippen LogP contribution < -0.4 is 4.74 Å². The van der Waals surface area contributed by atoms with Crippen molar-refractivity contribution in [2.45, 2.75) is 76.0 Å². The quantitative estimate of drug-likeness (QED) is 0.142. The molecule has 0 aliphatic carbocycles. The van der Waals surface area contributed by atoms with Crippen LogP contribution in [0, 0.1) is 12.8 Å². The summed E-state index contributed by atoms with van der Waals surface area (Å²) in [6.45, 7) is 12.4. The summed E-state index contributed by atoms with van der Waals surface area (Å²) in [4.78, 5) is 11.8. The Kier molecular flexibility index (Phi) is 11.4. The van der Waals surface area contributed by atoms with Crippen LogP contribution in [0.4, 0.5) is 0 Å². The van der Waals surface area contributed by atoms with Gasteiger partial charge in [0.25, 0.3) is 0 Å². The van der Waals surface area contributed by atoms with Crippen LogP contribution in [0.5, 0.6) is 5.75 Å². The molecule has 1 N–H and O–H groups in total. The second-order valence-corrected chi connectivity index (χ2v) is 15.5. The van der Waals surface area contributed by atoms with Gasteiger partial charge in [0.2, 0.25) is 10.0 Å². The lowest BCUT2D eigenvalue weighted by molar-refractivity contribution is -0.139. The molecule has 0 bridgehead atoms. The van der Waals surface area contributed by atoms with Crippen LogP contribution in [0.2, 0.25) is 0 Å². The molecule has 7 nitrogen and oxygen atoms in total.